The molecular weight excluding hydrogens is 265 g/mol. The molecule has 0 saturated carbocycles. The van der Waals surface area contributed by atoms with Gasteiger partial charge in [0.25, 0.3) is 0 Å². The Kier molecular flexibility index (Phi) is 5.25. The third-order valence-electron chi connectivity index (χ3n) is 2.08. The smallest absolute Gasteiger partial charge is 0.326 e. The summed E-state index contributed by atoms with van der Waals surface area (Å²) in [6.45, 7) is 0. The highest BCUT2D eigenvalue weighted by Gasteiger charge is 2.19. The van der Waals surface area contributed by atoms with Gasteiger partial charge in [-0.2, -0.15) is 0 Å². The van der Waals surface area contributed by atoms with E-state index in [2.05, 4.69) is 5.32 Å². The summed E-state index contributed by atoms with van der Waals surface area (Å²) in [6, 6.07) is 5.82. The van der Waals surface area contributed by atoms with Crippen molar-refractivity contribution in [3.05, 3.63) is 34.9 Å². The summed E-state index contributed by atoms with van der Waals surface area (Å²) < 4.78 is 0. The fourth-order valence-corrected chi connectivity index (χ4v) is 1.62. The zero-order valence-electron chi connectivity index (χ0n) is 8.82. The zero-order chi connectivity index (χ0) is 12.8. The van der Waals surface area contributed by atoms with E-state index in [0.29, 0.717) is 5.02 Å². The number of hydrogen-bond donors (Lipinski definition) is 2. The number of benzene rings is 1. The van der Waals surface area contributed by atoms with E-state index in [1.54, 1.807) is 24.3 Å². The first-order chi connectivity index (χ1) is 8.02. The van der Waals surface area contributed by atoms with Gasteiger partial charge in [-0.1, -0.05) is 23.7 Å². The van der Waals surface area contributed by atoms with Crippen LogP contribution in [0.2, 0.25) is 5.02 Å². The van der Waals surface area contributed by atoms with Crippen LogP contribution in [0.1, 0.15) is 5.56 Å². The molecule has 0 spiro atoms. The minimum atomic E-state index is -1.11. The Bertz CT molecular complexity index is 423. The summed E-state index contributed by atoms with van der Waals surface area (Å²) in [5.41, 5.74) is 0.736. The maximum absolute atomic E-state index is 11.1. The Morgan fingerprint density at radius 3 is 2.65 bits per heavy atom. The van der Waals surface area contributed by atoms with Gasteiger partial charge in [0, 0.05) is 11.4 Å². The fourth-order valence-electron chi connectivity index (χ4n) is 1.33. The van der Waals surface area contributed by atoms with Gasteiger partial charge in [-0.05, 0) is 17.7 Å². The Morgan fingerprint density at radius 2 is 2.12 bits per heavy atom. The van der Waals surface area contributed by atoms with Gasteiger partial charge in [0.2, 0.25) is 5.91 Å². The van der Waals surface area contributed by atoms with Crippen LogP contribution < -0.4 is 5.32 Å². The Balaban J connectivity index is 2.73. The highest BCUT2D eigenvalue weighted by atomic mass is 35.5. The van der Waals surface area contributed by atoms with Crippen LogP contribution in [0, 0.1) is 0 Å². The fraction of sp³-hybridized carbons (Fsp3) is 0.273. The normalized spacial score (nSPS) is 11.9. The molecule has 1 rings (SSSR count). The van der Waals surface area contributed by atoms with Crippen LogP contribution >= 0.6 is 23.2 Å². The molecule has 92 valence electrons. The van der Waals surface area contributed by atoms with Crippen molar-refractivity contribution in [1.29, 1.82) is 0 Å². The van der Waals surface area contributed by atoms with Gasteiger partial charge in [0.15, 0.2) is 0 Å². The predicted octanol–water partition coefficient (Wildman–Crippen LogP) is 1.69. The van der Waals surface area contributed by atoms with E-state index in [-0.39, 0.29) is 12.3 Å². The number of carboxylic acids is 1. The number of hydrogen-bond acceptors (Lipinski definition) is 2. The lowest BCUT2D eigenvalue weighted by molar-refractivity contribution is -0.141. The van der Waals surface area contributed by atoms with Crippen molar-refractivity contribution in [3.63, 3.8) is 0 Å². The molecule has 0 unspecified atom stereocenters. The lowest BCUT2D eigenvalue weighted by atomic mass is 10.1. The summed E-state index contributed by atoms with van der Waals surface area (Å²) in [4.78, 5) is 22.0. The van der Waals surface area contributed by atoms with E-state index in [1.807, 2.05) is 0 Å². The van der Waals surface area contributed by atoms with Gasteiger partial charge in [-0.25, -0.2) is 4.79 Å². The molecule has 0 aromatic heterocycles. The average Bonchev–Trinajstić information content (AvgIpc) is 2.27. The molecule has 0 aliphatic rings. The van der Waals surface area contributed by atoms with Crippen molar-refractivity contribution in [1.82, 2.24) is 5.32 Å². The molecule has 1 aromatic rings. The van der Waals surface area contributed by atoms with Crippen molar-refractivity contribution >= 4 is 35.1 Å². The molecule has 0 bridgehead atoms. The lowest BCUT2D eigenvalue weighted by Crippen LogP contribution is -2.42. The average molecular weight is 276 g/mol. The van der Waals surface area contributed by atoms with Crippen LogP contribution in [0.25, 0.3) is 0 Å². The molecule has 2 N–H and O–H groups in total. The SMILES string of the molecule is O=C(CCl)N[C@@H](Cc1cccc(Cl)c1)C(=O)O. The van der Waals surface area contributed by atoms with E-state index >= 15 is 0 Å². The summed E-state index contributed by atoms with van der Waals surface area (Å²) in [7, 11) is 0. The number of amides is 1. The molecule has 1 atom stereocenters. The quantitative estimate of drug-likeness (QED) is 0.804. The van der Waals surface area contributed by atoms with E-state index in [9.17, 15) is 9.59 Å². The topological polar surface area (TPSA) is 66.4 Å². The maximum Gasteiger partial charge on any atom is 0.326 e. The lowest BCUT2D eigenvalue weighted by Gasteiger charge is -2.13. The van der Waals surface area contributed by atoms with E-state index in [4.69, 9.17) is 28.3 Å². The Labute approximate surface area is 109 Å². The summed E-state index contributed by atoms with van der Waals surface area (Å²) in [6.07, 6.45) is 0.165. The van der Waals surface area contributed by atoms with Gasteiger partial charge < -0.3 is 10.4 Å². The molecule has 17 heavy (non-hydrogen) atoms. The van der Waals surface area contributed by atoms with Crippen LogP contribution in [0.15, 0.2) is 24.3 Å². The first-order valence-electron chi connectivity index (χ1n) is 4.85. The van der Waals surface area contributed by atoms with Crippen molar-refractivity contribution < 1.29 is 14.7 Å². The molecule has 0 saturated heterocycles. The van der Waals surface area contributed by atoms with Crippen molar-refractivity contribution in [2.45, 2.75) is 12.5 Å². The molecule has 4 nitrogen and oxygen atoms in total. The van der Waals surface area contributed by atoms with Gasteiger partial charge in [-0.3, -0.25) is 4.79 Å². The third kappa shape index (κ3) is 4.63. The van der Waals surface area contributed by atoms with Gasteiger partial charge >= 0.3 is 5.97 Å². The number of carbonyl (C=O) groups excluding carboxylic acids is 1. The highest BCUT2D eigenvalue weighted by Crippen LogP contribution is 2.12. The molecule has 1 amide bonds. The monoisotopic (exact) mass is 275 g/mol. The number of carboxylic acid groups (broad SMARTS) is 1. The van der Waals surface area contributed by atoms with E-state index < -0.39 is 17.9 Å². The second kappa shape index (κ2) is 6.47. The molecule has 1 aromatic carbocycles. The number of aliphatic carboxylic acids is 1. The number of nitrogens with one attached hydrogen (secondary N) is 1. The van der Waals surface area contributed by atoms with Crippen LogP contribution in [0.4, 0.5) is 0 Å². The number of carbonyl (C=O) groups is 2. The number of rotatable bonds is 5. The zero-order valence-corrected chi connectivity index (χ0v) is 10.3. The molecule has 0 heterocycles. The third-order valence-corrected chi connectivity index (χ3v) is 2.56. The van der Waals surface area contributed by atoms with E-state index in [0.717, 1.165) is 5.56 Å². The molecule has 0 aliphatic heterocycles. The summed E-state index contributed by atoms with van der Waals surface area (Å²) in [5, 5.41) is 11.8. The minimum absolute atomic E-state index is 0.165. The van der Waals surface area contributed by atoms with Gasteiger partial charge in [0.05, 0.1) is 0 Å². The Hall–Kier alpha value is -1.26. The second-order valence-corrected chi connectivity index (χ2v) is 4.13. The molecule has 0 aliphatic carbocycles. The van der Waals surface area contributed by atoms with Gasteiger partial charge in [0.1, 0.15) is 11.9 Å². The van der Waals surface area contributed by atoms with Crippen LogP contribution in [0.5, 0.6) is 0 Å². The van der Waals surface area contributed by atoms with Crippen LogP contribution in [0.3, 0.4) is 0 Å². The Morgan fingerprint density at radius 1 is 1.41 bits per heavy atom. The standard InChI is InChI=1S/C11H11Cl2NO3/c12-6-10(15)14-9(11(16)17)5-7-2-1-3-8(13)4-7/h1-4,9H,5-6H2,(H,14,15)(H,16,17)/t9-/m0/s1. The van der Waals surface area contributed by atoms with Gasteiger partial charge in [-0.15, -0.1) is 11.6 Å². The minimum Gasteiger partial charge on any atom is -0.480 e. The first-order valence-corrected chi connectivity index (χ1v) is 5.76. The van der Waals surface area contributed by atoms with Crippen LogP contribution in [-0.4, -0.2) is 28.9 Å². The van der Waals surface area contributed by atoms with Crippen molar-refractivity contribution in [3.8, 4) is 0 Å². The molecular formula is C11H11Cl2NO3. The maximum atomic E-state index is 11.1. The highest BCUT2D eigenvalue weighted by molar-refractivity contribution is 6.30. The number of alkyl halides is 1. The van der Waals surface area contributed by atoms with Crippen molar-refractivity contribution in [2.24, 2.45) is 0 Å². The largest absolute Gasteiger partial charge is 0.480 e. The number of halogens is 2. The molecule has 0 radical (unpaired) electrons. The molecule has 6 heteroatoms. The summed E-state index contributed by atoms with van der Waals surface area (Å²) >= 11 is 11.1. The first kappa shape index (κ1) is 13.8. The van der Waals surface area contributed by atoms with Crippen LogP contribution in [-0.2, 0) is 16.0 Å². The second-order valence-electron chi connectivity index (χ2n) is 3.43. The predicted molar refractivity (Wildman–Crippen MR) is 65.4 cm³/mol. The summed E-state index contributed by atoms with van der Waals surface area (Å²) in [5.74, 6) is -1.89. The molecule has 0 fully saturated rings. The van der Waals surface area contributed by atoms with E-state index in [1.165, 1.54) is 0 Å². The van der Waals surface area contributed by atoms with Crippen molar-refractivity contribution in [2.75, 3.05) is 5.88 Å².